The first-order valence-corrected chi connectivity index (χ1v) is 6.56. The van der Waals surface area contributed by atoms with E-state index in [1.54, 1.807) is 25.9 Å². The van der Waals surface area contributed by atoms with E-state index in [2.05, 4.69) is 20.1 Å². The van der Waals surface area contributed by atoms with Gasteiger partial charge in [0.1, 0.15) is 0 Å². The van der Waals surface area contributed by atoms with Gasteiger partial charge in [0.25, 0.3) is 0 Å². The summed E-state index contributed by atoms with van der Waals surface area (Å²) in [7, 11) is 3.54. The van der Waals surface area contributed by atoms with Crippen LogP contribution in [0.15, 0.2) is 46.7 Å². The Hall–Kier alpha value is -2.83. The molecule has 0 saturated heterocycles. The Morgan fingerprint density at radius 2 is 2.00 bits per heavy atom. The largest absolute Gasteiger partial charge is 0.369 e. The molecule has 22 heavy (non-hydrogen) atoms. The summed E-state index contributed by atoms with van der Waals surface area (Å²) in [6.45, 7) is 1.80. The van der Waals surface area contributed by atoms with Crippen molar-refractivity contribution in [2.24, 2.45) is 10.1 Å². The van der Waals surface area contributed by atoms with Crippen LogP contribution in [0.25, 0.3) is 0 Å². The maximum Gasteiger partial charge on any atom is 0.347 e. The molecule has 2 rings (SSSR count). The lowest BCUT2D eigenvalue weighted by atomic mass is 10.1. The molecule has 0 amide bonds. The van der Waals surface area contributed by atoms with Crippen molar-refractivity contribution in [3.05, 3.63) is 47.9 Å². The Bertz CT molecular complexity index is 686. The van der Waals surface area contributed by atoms with Crippen LogP contribution in [0, 0.1) is 5.82 Å². The summed E-state index contributed by atoms with van der Waals surface area (Å²) in [5.41, 5.74) is 1.57. The van der Waals surface area contributed by atoms with Crippen LogP contribution in [0.5, 0.6) is 6.01 Å². The van der Waals surface area contributed by atoms with Gasteiger partial charge < -0.3 is 9.74 Å². The molecule has 0 fully saturated rings. The Balaban J connectivity index is 2.15. The maximum atomic E-state index is 13.5. The zero-order valence-electron chi connectivity index (χ0n) is 12.6. The molecule has 6 nitrogen and oxygen atoms in total. The molecule has 1 heterocycles. The third-order valence-corrected chi connectivity index (χ3v) is 2.57. The summed E-state index contributed by atoms with van der Waals surface area (Å²) in [5.74, 6) is -0.736. The summed E-state index contributed by atoms with van der Waals surface area (Å²) in [6.07, 6.45) is 2.44. The van der Waals surface area contributed by atoms with Crippen molar-refractivity contribution in [3.63, 3.8) is 0 Å². The Labute approximate surface area is 128 Å². The molecule has 2 aromatic rings. The molecule has 0 aliphatic carbocycles. The van der Waals surface area contributed by atoms with Crippen LogP contribution in [0.3, 0.4) is 0 Å². The number of hydrogen-bond acceptors (Lipinski definition) is 5. The number of hydrogen-bond donors (Lipinski definition) is 0. The van der Waals surface area contributed by atoms with Gasteiger partial charge in [-0.2, -0.15) is 9.97 Å². The van der Waals surface area contributed by atoms with Crippen LogP contribution in [0.1, 0.15) is 12.5 Å². The highest BCUT2D eigenvalue weighted by Gasteiger charge is 2.07. The van der Waals surface area contributed by atoms with E-state index < -0.39 is 5.82 Å². The highest BCUT2D eigenvalue weighted by Crippen LogP contribution is 2.16. The van der Waals surface area contributed by atoms with Gasteiger partial charge in [0.15, 0.2) is 11.6 Å². The maximum absolute atomic E-state index is 13.5. The van der Waals surface area contributed by atoms with Gasteiger partial charge in [-0.3, -0.25) is 0 Å². The van der Waals surface area contributed by atoms with Crippen LogP contribution < -0.4 is 4.84 Å². The summed E-state index contributed by atoms with van der Waals surface area (Å²) in [6, 6.07) is 9.45. The number of rotatable bonds is 5. The third kappa shape index (κ3) is 4.34. The fourth-order valence-corrected chi connectivity index (χ4v) is 1.49. The normalized spacial score (nSPS) is 11.7. The zero-order chi connectivity index (χ0) is 15.9. The van der Waals surface area contributed by atoms with Crippen molar-refractivity contribution >= 4 is 17.9 Å². The van der Waals surface area contributed by atoms with E-state index in [4.69, 9.17) is 4.84 Å². The molecular weight excluding hydrogens is 285 g/mol. The minimum Gasteiger partial charge on any atom is -0.369 e. The molecule has 0 unspecified atom stereocenters. The van der Waals surface area contributed by atoms with Gasteiger partial charge in [0.05, 0.1) is 18.2 Å². The fourth-order valence-electron chi connectivity index (χ4n) is 1.49. The van der Waals surface area contributed by atoms with Crippen LogP contribution in [0.2, 0.25) is 0 Å². The monoisotopic (exact) mass is 301 g/mol. The lowest BCUT2D eigenvalue weighted by molar-refractivity contribution is 0.311. The topological polar surface area (TPSA) is 63.0 Å². The Morgan fingerprint density at radius 1 is 1.27 bits per heavy atom. The predicted octanol–water partition coefficient (Wildman–Crippen LogP) is 2.64. The summed E-state index contributed by atoms with van der Waals surface area (Å²) in [5, 5.41) is 3.94. The van der Waals surface area contributed by atoms with Crippen molar-refractivity contribution in [2.45, 2.75) is 6.92 Å². The van der Waals surface area contributed by atoms with Gasteiger partial charge in [-0.25, -0.2) is 9.38 Å². The molecular formula is C15H16FN5O. The average molecular weight is 301 g/mol. The second-order valence-electron chi connectivity index (χ2n) is 4.67. The van der Waals surface area contributed by atoms with E-state index >= 15 is 0 Å². The minimum atomic E-state index is -0.630. The van der Waals surface area contributed by atoms with E-state index in [0.717, 1.165) is 11.8 Å². The molecule has 0 bridgehead atoms. The number of halogens is 1. The van der Waals surface area contributed by atoms with Crippen molar-refractivity contribution in [1.82, 2.24) is 14.9 Å². The highest BCUT2D eigenvalue weighted by molar-refractivity contribution is 5.98. The molecule has 0 radical (unpaired) electrons. The van der Waals surface area contributed by atoms with Gasteiger partial charge in [0.2, 0.25) is 0 Å². The molecule has 1 aromatic carbocycles. The second kappa shape index (κ2) is 7.26. The summed E-state index contributed by atoms with van der Waals surface area (Å²) < 4.78 is 13.5. The fraction of sp³-hybridized carbons (Fsp3) is 0.200. The van der Waals surface area contributed by atoms with E-state index in [0.29, 0.717) is 5.71 Å². The Kier molecular flexibility index (Phi) is 5.13. The standard InChI is InChI=1S/C15H16FN5O/c1-11(12-7-5-4-6-8-12)20-22-15-17-9-13(16)14(19-15)18-10-21(2)3/h4-10H,1-3H3/b18-10+,20-11-. The number of oxime groups is 1. The van der Waals surface area contributed by atoms with Crippen molar-refractivity contribution < 1.29 is 9.23 Å². The first-order chi connectivity index (χ1) is 10.6. The van der Waals surface area contributed by atoms with Crippen molar-refractivity contribution in [3.8, 4) is 6.01 Å². The molecule has 0 spiro atoms. The molecule has 7 heteroatoms. The molecule has 0 N–H and O–H groups in total. The van der Waals surface area contributed by atoms with E-state index in [9.17, 15) is 4.39 Å². The quantitative estimate of drug-likeness (QED) is 0.484. The molecule has 1 aromatic heterocycles. The van der Waals surface area contributed by atoms with E-state index in [-0.39, 0.29) is 11.8 Å². The van der Waals surface area contributed by atoms with Gasteiger partial charge in [-0.15, -0.1) is 0 Å². The van der Waals surface area contributed by atoms with Crippen LogP contribution >= 0.6 is 0 Å². The minimum absolute atomic E-state index is 0.0670. The molecule has 0 aliphatic rings. The highest BCUT2D eigenvalue weighted by atomic mass is 19.1. The first kappa shape index (κ1) is 15.6. The summed E-state index contributed by atoms with van der Waals surface area (Å²) in [4.78, 5) is 18.3. The number of benzene rings is 1. The number of nitrogens with zero attached hydrogens (tertiary/aromatic N) is 5. The molecule has 0 saturated carbocycles. The van der Waals surface area contributed by atoms with Crippen LogP contribution in [0.4, 0.5) is 10.2 Å². The SMILES string of the molecule is C/C(=N/Oc1ncc(F)c(/N=C/N(C)C)n1)c1ccccc1. The van der Waals surface area contributed by atoms with Gasteiger partial charge in [-0.1, -0.05) is 35.5 Å². The van der Waals surface area contributed by atoms with Crippen molar-refractivity contribution in [2.75, 3.05) is 14.1 Å². The van der Waals surface area contributed by atoms with Crippen LogP contribution in [-0.4, -0.2) is 41.0 Å². The van der Waals surface area contributed by atoms with Crippen LogP contribution in [-0.2, 0) is 0 Å². The first-order valence-electron chi connectivity index (χ1n) is 6.56. The second-order valence-corrected chi connectivity index (χ2v) is 4.67. The van der Waals surface area contributed by atoms with E-state index in [1.807, 2.05) is 30.3 Å². The predicted molar refractivity (Wildman–Crippen MR) is 83.1 cm³/mol. The lowest BCUT2D eigenvalue weighted by Gasteiger charge is -2.03. The third-order valence-electron chi connectivity index (χ3n) is 2.57. The van der Waals surface area contributed by atoms with E-state index in [1.165, 1.54) is 6.34 Å². The summed E-state index contributed by atoms with van der Waals surface area (Å²) >= 11 is 0. The number of aromatic nitrogens is 2. The zero-order valence-corrected chi connectivity index (χ0v) is 12.6. The molecule has 0 aliphatic heterocycles. The number of aliphatic imine (C=N–C) groups is 1. The average Bonchev–Trinajstić information content (AvgIpc) is 2.53. The molecule has 0 atom stereocenters. The lowest BCUT2D eigenvalue weighted by Crippen LogP contribution is -2.07. The Morgan fingerprint density at radius 3 is 2.68 bits per heavy atom. The smallest absolute Gasteiger partial charge is 0.347 e. The van der Waals surface area contributed by atoms with Gasteiger partial charge >= 0.3 is 6.01 Å². The van der Waals surface area contributed by atoms with Crippen molar-refractivity contribution in [1.29, 1.82) is 0 Å². The molecule has 114 valence electrons. The van der Waals surface area contributed by atoms with Gasteiger partial charge in [0, 0.05) is 14.1 Å². The van der Waals surface area contributed by atoms with Gasteiger partial charge in [-0.05, 0) is 12.5 Å².